The lowest BCUT2D eigenvalue weighted by Gasteiger charge is -2.11. The van der Waals surface area contributed by atoms with Gasteiger partial charge in [-0.3, -0.25) is 4.68 Å². The number of benzene rings is 1. The third-order valence-corrected chi connectivity index (χ3v) is 3.57. The molecule has 96 valence electrons. The van der Waals surface area contributed by atoms with Crippen molar-refractivity contribution < 1.29 is 5.11 Å². The van der Waals surface area contributed by atoms with Crippen molar-refractivity contribution in [3.05, 3.63) is 51.3 Å². The first-order valence-corrected chi connectivity index (χ1v) is 6.35. The van der Waals surface area contributed by atoms with Gasteiger partial charge >= 0.3 is 0 Å². The highest BCUT2D eigenvalue weighted by Gasteiger charge is 2.13. The van der Waals surface area contributed by atoms with Gasteiger partial charge in [-0.2, -0.15) is 5.10 Å². The van der Waals surface area contributed by atoms with Gasteiger partial charge in [0.05, 0.1) is 21.8 Å². The Labute approximate surface area is 116 Å². The van der Waals surface area contributed by atoms with Crippen molar-refractivity contribution in [1.29, 1.82) is 0 Å². The third kappa shape index (κ3) is 2.86. The van der Waals surface area contributed by atoms with Gasteiger partial charge in [0.1, 0.15) is 0 Å². The van der Waals surface area contributed by atoms with Crippen LogP contribution in [0.5, 0.6) is 0 Å². The van der Waals surface area contributed by atoms with Crippen LogP contribution in [0.1, 0.15) is 23.1 Å². The van der Waals surface area contributed by atoms with Gasteiger partial charge in [-0.15, -0.1) is 0 Å². The molecule has 1 heterocycles. The van der Waals surface area contributed by atoms with Crippen molar-refractivity contribution in [3.8, 4) is 0 Å². The average molecular weight is 285 g/mol. The van der Waals surface area contributed by atoms with Gasteiger partial charge in [-0.1, -0.05) is 29.3 Å². The smallest absolute Gasteiger partial charge is 0.0845 e. The lowest BCUT2D eigenvalue weighted by atomic mass is 10.0. The molecule has 0 aliphatic rings. The molecule has 0 bridgehead atoms. The normalized spacial score (nSPS) is 12.7. The molecule has 0 saturated carbocycles. The molecule has 2 aromatic rings. The number of halogens is 2. The van der Waals surface area contributed by atoms with Crippen molar-refractivity contribution in [2.24, 2.45) is 7.05 Å². The zero-order chi connectivity index (χ0) is 13.3. The number of hydrogen-bond donors (Lipinski definition) is 1. The van der Waals surface area contributed by atoms with Crippen LogP contribution in [0.15, 0.2) is 24.3 Å². The van der Waals surface area contributed by atoms with Crippen LogP contribution in [-0.4, -0.2) is 14.9 Å². The fraction of sp³-hybridized carbons (Fsp3) is 0.308. The number of nitrogens with zero attached hydrogens (tertiary/aromatic N) is 2. The highest BCUT2D eigenvalue weighted by atomic mass is 35.5. The molecular weight excluding hydrogens is 271 g/mol. The Morgan fingerprint density at radius 1 is 1.28 bits per heavy atom. The Balaban J connectivity index is 2.19. The molecule has 0 spiro atoms. The van der Waals surface area contributed by atoms with E-state index in [0.29, 0.717) is 16.5 Å². The van der Waals surface area contributed by atoms with E-state index >= 15 is 0 Å². The van der Waals surface area contributed by atoms with Crippen LogP contribution in [0.25, 0.3) is 0 Å². The van der Waals surface area contributed by atoms with Crippen LogP contribution in [0.3, 0.4) is 0 Å². The quantitative estimate of drug-likeness (QED) is 0.939. The van der Waals surface area contributed by atoms with Gasteiger partial charge in [0.2, 0.25) is 0 Å². The number of hydrogen-bond acceptors (Lipinski definition) is 2. The van der Waals surface area contributed by atoms with Crippen molar-refractivity contribution >= 4 is 23.2 Å². The van der Waals surface area contributed by atoms with E-state index in [-0.39, 0.29) is 0 Å². The van der Waals surface area contributed by atoms with Crippen LogP contribution >= 0.6 is 23.2 Å². The number of aliphatic hydroxyl groups excluding tert-OH is 1. The van der Waals surface area contributed by atoms with Gasteiger partial charge in [0, 0.05) is 19.2 Å². The topological polar surface area (TPSA) is 38.0 Å². The number of aromatic nitrogens is 2. The Morgan fingerprint density at radius 2 is 2.00 bits per heavy atom. The monoisotopic (exact) mass is 284 g/mol. The molecule has 1 aromatic carbocycles. The van der Waals surface area contributed by atoms with Gasteiger partial charge in [-0.05, 0) is 30.7 Å². The summed E-state index contributed by atoms with van der Waals surface area (Å²) < 4.78 is 1.77. The first kappa shape index (κ1) is 13.4. The van der Waals surface area contributed by atoms with Crippen molar-refractivity contribution in [3.63, 3.8) is 0 Å². The van der Waals surface area contributed by atoms with E-state index in [1.54, 1.807) is 22.9 Å². The van der Waals surface area contributed by atoms with Crippen molar-refractivity contribution in [2.45, 2.75) is 19.4 Å². The maximum atomic E-state index is 10.2. The van der Waals surface area contributed by atoms with Gasteiger partial charge in [-0.25, -0.2) is 0 Å². The van der Waals surface area contributed by atoms with Crippen LogP contribution in [0, 0.1) is 6.92 Å². The van der Waals surface area contributed by atoms with Gasteiger partial charge in [0.15, 0.2) is 0 Å². The predicted octanol–water partition coefficient (Wildman–Crippen LogP) is 3.31. The molecule has 0 radical (unpaired) electrons. The van der Waals surface area contributed by atoms with E-state index in [1.165, 1.54) is 0 Å². The lowest BCUT2D eigenvalue weighted by molar-refractivity contribution is 0.176. The highest BCUT2D eigenvalue weighted by molar-refractivity contribution is 6.42. The van der Waals surface area contributed by atoms with E-state index in [4.69, 9.17) is 23.2 Å². The van der Waals surface area contributed by atoms with E-state index in [0.717, 1.165) is 17.0 Å². The first-order valence-electron chi connectivity index (χ1n) is 5.60. The van der Waals surface area contributed by atoms with Crippen LogP contribution < -0.4 is 0 Å². The predicted molar refractivity (Wildman–Crippen MR) is 73.1 cm³/mol. The molecule has 5 heteroatoms. The lowest BCUT2D eigenvalue weighted by Crippen LogP contribution is -2.06. The number of rotatable bonds is 3. The number of aryl methyl sites for hydroxylation is 2. The second-order valence-electron chi connectivity index (χ2n) is 4.29. The maximum Gasteiger partial charge on any atom is 0.0845 e. The molecule has 18 heavy (non-hydrogen) atoms. The molecule has 2 rings (SSSR count). The van der Waals surface area contributed by atoms with Crippen LogP contribution in [-0.2, 0) is 13.5 Å². The molecule has 0 aliphatic carbocycles. The first-order chi connectivity index (χ1) is 8.47. The minimum absolute atomic E-state index is 0.453. The minimum Gasteiger partial charge on any atom is -0.388 e. The summed E-state index contributed by atoms with van der Waals surface area (Å²) in [6.45, 7) is 1.93. The zero-order valence-electron chi connectivity index (χ0n) is 10.2. The Hall–Kier alpha value is -1.03. The molecule has 3 nitrogen and oxygen atoms in total. The summed E-state index contributed by atoms with van der Waals surface area (Å²) in [5.74, 6) is 0. The maximum absolute atomic E-state index is 10.2. The molecule has 0 fully saturated rings. The molecule has 1 unspecified atom stereocenters. The SMILES string of the molecule is Cc1cc(CC(O)c2ccc(Cl)c(Cl)c2)n(C)n1. The summed E-state index contributed by atoms with van der Waals surface area (Å²) in [6.07, 6.45) is -0.121. The fourth-order valence-corrected chi connectivity index (χ4v) is 2.20. The molecule has 0 amide bonds. The largest absolute Gasteiger partial charge is 0.388 e. The Bertz CT molecular complexity index is 566. The molecule has 1 N–H and O–H groups in total. The van der Waals surface area contributed by atoms with E-state index in [9.17, 15) is 5.11 Å². The van der Waals surface area contributed by atoms with Gasteiger partial charge < -0.3 is 5.11 Å². The summed E-state index contributed by atoms with van der Waals surface area (Å²) in [5.41, 5.74) is 2.67. The van der Waals surface area contributed by atoms with Crippen molar-refractivity contribution in [2.75, 3.05) is 0 Å². The van der Waals surface area contributed by atoms with Crippen molar-refractivity contribution in [1.82, 2.24) is 9.78 Å². The zero-order valence-corrected chi connectivity index (χ0v) is 11.7. The van der Waals surface area contributed by atoms with E-state index < -0.39 is 6.10 Å². The molecule has 1 atom stereocenters. The molecular formula is C13H14Cl2N2O. The second-order valence-corrected chi connectivity index (χ2v) is 5.11. The van der Waals surface area contributed by atoms with E-state index in [1.807, 2.05) is 20.0 Å². The highest BCUT2D eigenvalue weighted by Crippen LogP contribution is 2.27. The summed E-state index contributed by atoms with van der Waals surface area (Å²) >= 11 is 11.8. The summed E-state index contributed by atoms with van der Waals surface area (Å²) in [5, 5.41) is 15.4. The summed E-state index contributed by atoms with van der Waals surface area (Å²) in [7, 11) is 1.86. The Morgan fingerprint density at radius 3 is 2.56 bits per heavy atom. The summed E-state index contributed by atoms with van der Waals surface area (Å²) in [6, 6.07) is 7.12. The van der Waals surface area contributed by atoms with Gasteiger partial charge in [0.25, 0.3) is 0 Å². The third-order valence-electron chi connectivity index (χ3n) is 2.83. The standard InChI is InChI=1S/C13H14Cl2N2O/c1-8-5-10(17(2)16-8)7-13(18)9-3-4-11(14)12(15)6-9/h3-6,13,18H,7H2,1-2H3. The van der Waals surface area contributed by atoms with E-state index in [2.05, 4.69) is 5.10 Å². The van der Waals surface area contributed by atoms with Crippen LogP contribution in [0.2, 0.25) is 10.0 Å². The summed E-state index contributed by atoms with van der Waals surface area (Å²) in [4.78, 5) is 0. The molecule has 0 saturated heterocycles. The molecule has 1 aromatic heterocycles. The Kier molecular flexibility index (Phi) is 3.95. The average Bonchev–Trinajstić information content (AvgIpc) is 2.61. The fourth-order valence-electron chi connectivity index (χ4n) is 1.89. The minimum atomic E-state index is -0.616. The molecule has 0 aliphatic heterocycles. The van der Waals surface area contributed by atoms with Crippen LogP contribution in [0.4, 0.5) is 0 Å². The second kappa shape index (κ2) is 5.31. The number of aliphatic hydroxyl groups is 1.